The van der Waals surface area contributed by atoms with E-state index in [4.69, 9.17) is 0 Å². The van der Waals surface area contributed by atoms with Gasteiger partial charge in [-0.15, -0.1) is 0 Å². The lowest BCUT2D eigenvalue weighted by atomic mass is 10.2. The molecule has 1 amide bonds. The van der Waals surface area contributed by atoms with Crippen LogP contribution in [0.1, 0.15) is 18.4 Å². The van der Waals surface area contributed by atoms with E-state index in [0.29, 0.717) is 25.3 Å². The van der Waals surface area contributed by atoms with E-state index in [1.165, 1.54) is 12.3 Å². The minimum Gasteiger partial charge on any atom is -0.358 e. The van der Waals surface area contributed by atoms with Crippen molar-refractivity contribution in [3.05, 3.63) is 27.9 Å². The van der Waals surface area contributed by atoms with Gasteiger partial charge in [0.1, 0.15) is 12.0 Å². The first-order valence-electron chi connectivity index (χ1n) is 6.59. The predicted molar refractivity (Wildman–Crippen MR) is 74.7 cm³/mol. The van der Waals surface area contributed by atoms with Crippen LogP contribution in [0.25, 0.3) is 0 Å². The molecular formula is C13H18N4O3. The molecule has 0 atom stereocenters. The zero-order valence-electron chi connectivity index (χ0n) is 11.7. The second-order valence-corrected chi connectivity index (χ2v) is 5.00. The quantitative estimate of drug-likeness (QED) is 0.600. The predicted octanol–water partition coefficient (Wildman–Crippen LogP) is 1.36. The summed E-state index contributed by atoms with van der Waals surface area (Å²) in [5, 5.41) is 10.7. The van der Waals surface area contributed by atoms with Gasteiger partial charge in [-0.05, 0) is 18.9 Å². The molecule has 1 aromatic rings. The van der Waals surface area contributed by atoms with E-state index < -0.39 is 4.92 Å². The molecule has 0 bridgehead atoms. The number of nitro groups is 1. The Morgan fingerprint density at radius 3 is 2.85 bits per heavy atom. The van der Waals surface area contributed by atoms with Crippen molar-refractivity contribution in [1.82, 2.24) is 9.88 Å². The van der Waals surface area contributed by atoms with Gasteiger partial charge in [0.2, 0.25) is 5.91 Å². The molecule has 1 saturated heterocycles. The summed E-state index contributed by atoms with van der Waals surface area (Å²) in [6, 6.07) is 1.51. The molecule has 108 valence electrons. The zero-order chi connectivity index (χ0) is 14.7. The van der Waals surface area contributed by atoms with E-state index in [2.05, 4.69) is 4.98 Å². The molecule has 2 heterocycles. The number of carbonyl (C=O) groups excluding carboxylic acids is 1. The Balaban J connectivity index is 2.00. The highest BCUT2D eigenvalue weighted by molar-refractivity contribution is 5.78. The highest BCUT2D eigenvalue weighted by Gasteiger charge is 2.20. The van der Waals surface area contributed by atoms with Crippen molar-refractivity contribution in [2.45, 2.75) is 19.8 Å². The monoisotopic (exact) mass is 278 g/mol. The van der Waals surface area contributed by atoms with Crippen molar-refractivity contribution in [3.63, 3.8) is 0 Å². The Hall–Kier alpha value is -2.18. The van der Waals surface area contributed by atoms with E-state index >= 15 is 0 Å². The Morgan fingerprint density at radius 1 is 1.55 bits per heavy atom. The van der Waals surface area contributed by atoms with Crippen LogP contribution in [0.5, 0.6) is 0 Å². The molecule has 0 aliphatic carbocycles. The van der Waals surface area contributed by atoms with Gasteiger partial charge in [0.25, 0.3) is 5.69 Å². The third-order valence-electron chi connectivity index (χ3n) is 3.49. The number of rotatable bonds is 5. The number of nitrogens with zero attached hydrogens (tertiary/aromatic N) is 4. The maximum absolute atomic E-state index is 11.5. The van der Waals surface area contributed by atoms with Crippen molar-refractivity contribution in [2.24, 2.45) is 0 Å². The molecule has 0 unspecified atom stereocenters. The smallest absolute Gasteiger partial charge is 0.287 e. The lowest BCUT2D eigenvalue weighted by Crippen LogP contribution is -2.34. The summed E-state index contributed by atoms with van der Waals surface area (Å²) in [6.45, 7) is 3.94. The fraction of sp³-hybridized carbons (Fsp3) is 0.538. The fourth-order valence-electron chi connectivity index (χ4n) is 2.37. The van der Waals surface area contributed by atoms with Crippen molar-refractivity contribution >= 4 is 17.4 Å². The molecule has 2 rings (SSSR count). The van der Waals surface area contributed by atoms with Gasteiger partial charge < -0.3 is 9.80 Å². The Morgan fingerprint density at radius 2 is 2.30 bits per heavy atom. The van der Waals surface area contributed by atoms with Crippen molar-refractivity contribution in [1.29, 1.82) is 0 Å². The second-order valence-electron chi connectivity index (χ2n) is 5.00. The molecule has 1 aliphatic heterocycles. The van der Waals surface area contributed by atoms with Crippen LogP contribution in [0.15, 0.2) is 12.3 Å². The third kappa shape index (κ3) is 3.04. The Bertz CT molecular complexity index is 532. The van der Waals surface area contributed by atoms with Crippen molar-refractivity contribution < 1.29 is 9.72 Å². The van der Waals surface area contributed by atoms with Gasteiger partial charge in [-0.2, -0.15) is 0 Å². The third-order valence-corrected chi connectivity index (χ3v) is 3.49. The summed E-state index contributed by atoms with van der Waals surface area (Å²) in [4.78, 5) is 29.7. The molecule has 1 fully saturated rings. The molecule has 0 spiro atoms. The van der Waals surface area contributed by atoms with Crippen LogP contribution in [0, 0.1) is 17.0 Å². The van der Waals surface area contributed by atoms with E-state index in [1.807, 2.05) is 16.8 Å². The number of anilines is 1. The number of aromatic nitrogens is 1. The van der Waals surface area contributed by atoms with E-state index in [-0.39, 0.29) is 11.6 Å². The van der Waals surface area contributed by atoms with Crippen LogP contribution in [0.2, 0.25) is 0 Å². The van der Waals surface area contributed by atoms with Gasteiger partial charge >= 0.3 is 0 Å². The molecule has 0 radical (unpaired) electrons. The van der Waals surface area contributed by atoms with E-state index in [1.54, 1.807) is 6.92 Å². The molecule has 1 aliphatic rings. The summed E-state index contributed by atoms with van der Waals surface area (Å²) in [7, 11) is 1.88. The van der Waals surface area contributed by atoms with Crippen molar-refractivity contribution in [2.75, 3.05) is 31.6 Å². The van der Waals surface area contributed by atoms with Crippen LogP contribution in [0.4, 0.5) is 11.5 Å². The number of hydrogen-bond donors (Lipinski definition) is 0. The minimum atomic E-state index is -0.452. The molecule has 1 aromatic heterocycles. The average molecular weight is 278 g/mol. The summed E-state index contributed by atoms with van der Waals surface area (Å²) < 4.78 is 0. The van der Waals surface area contributed by atoms with E-state index in [9.17, 15) is 14.9 Å². The van der Waals surface area contributed by atoms with Crippen LogP contribution in [-0.4, -0.2) is 47.4 Å². The second kappa shape index (κ2) is 5.85. The Labute approximate surface area is 117 Å². The number of amides is 1. The van der Waals surface area contributed by atoms with Gasteiger partial charge in [0.05, 0.1) is 4.92 Å². The molecule has 7 heteroatoms. The number of aryl methyl sites for hydroxylation is 1. The van der Waals surface area contributed by atoms with Gasteiger partial charge in [-0.25, -0.2) is 4.98 Å². The van der Waals surface area contributed by atoms with Crippen LogP contribution >= 0.6 is 0 Å². The lowest BCUT2D eigenvalue weighted by molar-refractivity contribution is -0.385. The van der Waals surface area contributed by atoms with Crippen LogP contribution in [-0.2, 0) is 4.79 Å². The van der Waals surface area contributed by atoms with Crippen LogP contribution in [0.3, 0.4) is 0 Å². The number of pyridine rings is 1. The minimum absolute atomic E-state index is 0.00521. The Kier molecular flexibility index (Phi) is 4.16. The SMILES string of the molecule is Cc1cc([N+](=O)[O-])cnc1N(C)CCN1CCCC1=O. The molecule has 7 nitrogen and oxygen atoms in total. The molecule has 0 N–H and O–H groups in total. The highest BCUT2D eigenvalue weighted by Crippen LogP contribution is 2.20. The number of likely N-dealkylation sites (tertiary alicyclic amines) is 1. The first kappa shape index (κ1) is 14.2. The number of carbonyl (C=O) groups is 1. The average Bonchev–Trinajstić information content (AvgIpc) is 2.81. The number of likely N-dealkylation sites (N-methyl/N-ethyl adjacent to an activating group) is 1. The molecule has 0 aromatic carbocycles. The van der Waals surface area contributed by atoms with Gasteiger partial charge in [0.15, 0.2) is 0 Å². The molecular weight excluding hydrogens is 260 g/mol. The largest absolute Gasteiger partial charge is 0.358 e. The first-order valence-corrected chi connectivity index (χ1v) is 6.59. The summed E-state index contributed by atoms with van der Waals surface area (Å²) in [5.74, 6) is 0.911. The van der Waals surface area contributed by atoms with Gasteiger partial charge in [-0.3, -0.25) is 14.9 Å². The standard InChI is InChI=1S/C13H18N4O3/c1-10-8-11(17(19)20)9-14-13(10)15(2)6-7-16-5-3-4-12(16)18/h8-9H,3-7H2,1-2H3. The maximum Gasteiger partial charge on any atom is 0.287 e. The first-order chi connectivity index (χ1) is 9.49. The van der Waals surface area contributed by atoms with Gasteiger partial charge in [0, 0.05) is 39.2 Å². The summed E-state index contributed by atoms with van der Waals surface area (Å²) >= 11 is 0. The topological polar surface area (TPSA) is 79.6 Å². The highest BCUT2D eigenvalue weighted by atomic mass is 16.6. The van der Waals surface area contributed by atoms with E-state index in [0.717, 1.165) is 18.5 Å². The van der Waals surface area contributed by atoms with Crippen LogP contribution < -0.4 is 4.90 Å². The normalized spacial score (nSPS) is 14.7. The zero-order valence-corrected chi connectivity index (χ0v) is 11.7. The summed E-state index contributed by atoms with van der Waals surface area (Å²) in [5.41, 5.74) is 0.754. The maximum atomic E-state index is 11.5. The van der Waals surface area contributed by atoms with Crippen molar-refractivity contribution in [3.8, 4) is 0 Å². The fourth-order valence-corrected chi connectivity index (χ4v) is 2.37. The van der Waals surface area contributed by atoms with Gasteiger partial charge in [-0.1, -0.05) is 0 Å². The lowest BCUT2D eigenvalue weighted by Gasteiger charge is -2.23. The molecule has 0 saturated carbocycles. The number of hydrogen-bond acceptors (Lipinski definition) is 5. The molecule has 20 heavy (non-hydrogen) atoms. The summed E-state index contributed by atoms with van der Waals surface area (Å²) in [6.07, 6.45) is 2.83.